The molecule has 0 saturated carbocycles. The quantitative estimate of drug-likeness (QED) is 0.641. The summed E-state index contributed by atoms with van der Waals surface area (Å²) >= 11 is 12.5. The van der Waals surface area contributed by atoms with Crippen LogP contribution in [0.3, 0.4) is 0 Å². The Morgan fingerprint density at radius 3 is 2.50 bits per heavy atom. The van der Waals surface area contributed by atoms with Gasteiger partial charge >= 0.3 is 6.03 Å². The van der Waals surface area contributed by atoms with Crippen LogP contribution in [-0.4, -0.2) is 90.3 Å². The van der Waals surface area contributed by atoms with E-state index in [0.29, 0.717) is 52.6 Å². The SMILES string of the molecule is CCN1C(=O)N[C@@H](c2ccc(Cl)cc2Cl)C2=C1CN(CCC(=O)N1CCC(N(C)C)CC1)C2=O. The van der Waals surface area contributed by atoms with E-state index in [9.17, 15) is 14.4 Å². The van der Waals surface area contributed by atoms with Gasteiger partial charge in [0.15, 0.2) is 0 Å². The maximum Gasteiger partial charge on any atom is 0.322 e. The molecule has 1 N–H and O–H groups in total. The van der Waals surface area contributed by atoms with Crippen molar-refractivity contribution in [2.75, 3.05) is 46.8 Å². The number of hydrogen-bond donors (Lipinski definition) is 1. The van der Waals surface area contributed by atoms with E-state index in [1.807, 2.05) is 11.8 Å². The van der Waals surface area contributed by atoms with Crippen molar-refractivity contribution in [1.29, 1.82) is 0 Å². The lowest BCUT2D eigenvalue weighted by Crippen LogP contribution is -2.47. The monoisotopic (exact) mass is 507 g/mol. The highest BCUT2D eigenvalue weighted by atomic mass is 35.5. The largest absolute Gasteiger partial charge is 0.343 e. The summed E-state index contributed by atoms with van der Waals surface area (Å²) in [4.78, 5) is 46.5. The van der Waals surface area contributed by atoms with Gasteiger partial charge in [0.2, 0.25) is 5.91 Å². The number of piperidine rings is 1. The van der Waals surface area contributed by atoms with Gasteiger partial charge in [-0.25, -0.2) is 4.79 Å². The van der Waals surface area contributed by atoms with Gasteiger partial charge in [-0.2, -0.15) is 0 Å². The molecule has 4 amide bonds. The van der Waals surface area contributed by atoms with Gasteiger partial charge in [-0.05, 0) is 51.6 Å². The van der Waals surface area contributed by atoms with Gasteiger partial charge in [0, 0.05) is 48.7 Å². The first-order valence-corrected chi connectivity index (χ1v) is 12.5. The molecule has 0 spiro atoms. The Morgan fingerprint density at radius 1 is 1.18 bits per heavy atom. The number of urea groups is 1. The summed E-state index contributed by atoms with van der Waals surface area (Å²) in [6.07, 6.45) is 2.18. The second-order valence-electron chi connectivity index (χ2n) is 9.21. The Labute approximate surface area is 210 Å². The predicted molar refractivity (Wildman–Crippen MR) is 132 cm³/mol. The number of nitrogens with one attached hydrogen (secondary N) is 1. The minimum atomic E-state index is -0.659. The van der Waals surface area contributed by atoms with E-state index in [4.69, 9.17) is 23.2 Å². The summed E-state index contributed by atoms with van der Waals surface area (Å²) in [6, 6.07) is 4.60. The van der Waals surface area contributed by atoms with Crippen LogP contribution in [0.25, 0.3) is 0 Å². The lowest BCUT2D eigenvalue weighted by Gasteiger charge is -2.35. The van der Waals surface area contributed by atoms with E-state index in [0.717, 1.165) is 25.9 Å². The topological polar surface area (TPSA) is 76.2 Å². The fourth-order valence-electron chi connectivity index (χ4n) is 5.05. The third kappa shape index (κ3) is 4.76. The maximum absolute atomic E-state index is 13.5. The molecule has 8 nitrogen and oxygen atoms in total. The van der Waals surface area contributed by atoms with Crippen LogP contribution >= 0.6 is 23.2 Å². The van der Waals surface area contributed by atoms with Crippen LogP contribution in [0.5, 0.6) is 0 Å². The van der Waals surface area contributed by atoms with Crippen LogP contribution < -0.4 is 5.32 Å². The molecule has 3 aliphatic heterocycles. The number of carbonyl (C=O) groups excluding carboxylic acids is 3. The van der Waals surface area contributed by atoms with Crippen LogP contribution in [0, 0.1) is 0 Å². The van der Waals surface area contributed by atoms with E-state index in [1.165, 1.54) is 0 Å². The minimum Gasteiger partial charge on any atom is -0.343 e. The fraction of sp³-hybridized carbons (Fsp3) is 0.542. The first-order chi connectivity index (χ1) is 16.2. The van der Waals surface area contributed by atoms with E-state index in [1.54, 1.807) is 28.0 Å². The van der Waals surface area contributed by atoms with E-state index in [2.05, 4.69) is 24.3 Å². The van der Waals surface area contributed by atoms with Crippen LogP contribution in [0.1, 0.15) is 37.8 Å². The van der Waals surface area contributed by atoms with Crippen LogP contribution in [0.15, 0.2) is 29.5 Å². The Morgan fingerprint density at radius 2 is 1.88 bits per heavy atom. The summed E-state index contributed by atoms with van der Waals surface area (Å²) in [5, 5.41) is 3.79. The lowest BCUT2D eigenvalue weighted by atomic mass is 9.95. The second kappa shape index (κ2) is 10.1. The summed E-state index contributed by atoms with van der Waals surface area (Å²) in [6.45, 7) is 4.39. The molecule has 3 aliphatic rings. The number of rotatable bonds is 6. The number of halogens is 2. The molecule has 1 aromatic rings. The molecule has 4 rings (SSSR count). The molecule has 1 atom stereocenters. The van der Waals surface area contributed by atoms with Gasteiger partial charge in [-0.1, -0.05) is 29.3 Å². The summed E-state index contributed by atoms with van der Waals surface area (Å²) in [5.41, 5.74) is 1.80. The van der Waals surface area contributed by atoms with Gasteiger partial charge in [0.25, 0.3) is 5.91 Å². The summed E-state index contributed by atoms with van der Waals surface area (Å²) in [7, 11) is 4.14. The van der Waals surface area contributed by atoms with Crippen molar-refractivity contribution in [2.45, 2.75) is 38.3 Å². The Kier molecular flexibility index (Phi) is 7.40. The first-order valence-electron chi connectivity index (χ1n) is 11.7. The first kappa shape index (κ1) is 24.8. The number of carbonyl (C=O) groups is 3. The van der Waals surface area contributed by atoms with Crippen molar-refractivity contribution >= 4 is 41.0 Å². The molecule has 0 radical (unpaired) electrons. The standard InChI is InChI=1S/C24H31Cl2N5O3/c1-4-31-19-14-30(12-9-20(32)29-10-7-16(8-11-29)28(2)3)23(33)21(19)22(27-24(31)34)17-6-5-15(25)13-18(17)26/h5-6,13,16,22H,4,7-12,14H2,1-3H3,(H,27,34)/t22-/m0/s1. The van der Waals surface area contributed by atoms with E-state index >= 15 is 0 Å². The Bertz CT molecular complexity index is 1020. The number of nitrogens with zero attached hydrogens (tertiary/aromatic N) is 4. The molecular weight excluding hydrogens is 477 g/mol. The van der Waals surface area contributed by atoms with Crippen LogP contribution in [0.4, 0.5) is 4.79 Å². The van der Waals surface area contributed by atoms with Crippen LogP contribution in [-0.2, 0) is 9.59 Å². The highest BCUT2D eigenvalue weighted by Gasteiger charge is 2.44. The number of likely N-dealkylation sites (tertiary alicyclic amines) is 1. The predicted octanol–water partition coefficient (Wildman–Crippen LogP) is 3.12. The molecule has 184 valence electrons. The molecular formula is C24H31Cl2N5O3. The molecule has 34 heavy (non-hydrogen) atoms. The maximum atomic E-state index is 13.5. The van der Waals surface area contributed by atoms with Crippen molar-refractivity contribution in [1.82, 2.24) is 24.9 Å². The number of benzene rings is 1. The van der Waals surface area contributed by atoms with Gasteiger partial charge < -0.3 is 20.0 Å². The average molecular weight is 508 g/mol. The molecule has 3 heterocycles. The van der Waals surface area contributed by atoms with Gasteiger partial charge in [0.05, 0.1) is 23.9 Å². The number of hydrogen-bond acceptors (Lipinski definition) is 4. The summed E-state index contributed by atoms with van der Waals surface area (Å²) in [5.74, 6) is -0.114. The lowest BCUT2D eigenvalue weighted by molar-refractivity contribution is -0.133. The molecule has 0 unspecified atom stereocenters. The zero-order valence-electron chi connectivity index (χ0n) is 19.8. The second-order valence-corrected chi connectivity index (χ2v) is 10.0. The normalized spacial score (nSPS) is 21.5. The molecule has 1 aromatic carbocycles. The Hall–Kier alpha value is -2.29. The van der Waals surface area contributed by atoms with Crippen molar-refractivity contribution < 1.29 is 14.4 Å². The summed E-state index contributed by atoms with van der Waals surface area (Å²) < 4.78 is 0. The Balaban J connectivity index is 1.47. The molecule has 1 saturated heterocycles. The van der Waals surface area contributed by atoms with Crippen molar-refractivity contribution in [3.05, 3.63) is 45.1 Å². The molecule has 10 heteroatoms. The third-order valence-corrected chi connectivity index (χ3v) is 7.59. The zero-order chi connectivity index (χ0) is 24.6. The van der Waals surface area contributed by atoms with Crippen LogP contribution in [0.2, 0.25) is 10.0 Å². The highest BCUT2D eigenvalue weighted by molar-refractivity contribution is 6.35. The third-order valence-electron chi connectivity index (χ3n) is 7.03. The number of likely N-dealkylation sites (N-methyl/N-ethyl adjacent to an activating group) is 1. The average Bonchev–Trinajstić information content (AvgIpc) is 3.13. The van der Waals surface area contributed by atoms with Gasteiger partial charge in [-0.15, -0.1) is 0 Å². The highest BCUT2D eigenvalue weighted by Crippen LogP contribution is 2.39. The smallest absolute Gasteiger partial charge is 0.322 e. The van der Waals surface area contributed by atoms with Crippen molar-refractivity contribution in [3.63, 3.8) is 0 Å². The molecule has 0 aliphatic carbocycles. The zero-order valence-corrected chi connectivity index (χ0v) is 21.3. The van der Waals surface area contributed by atoms with Crippen molar-refractivity contribution in [3.8, 4) is 0 Å². The van der Waals surface area contributed by atoms with Gasteiger partial charge in [-0.3, -0.25) is 14.5 Å². The molecule has 0 aromatic heterocycles. The molecule has 1 fully saturated rings. The van der Waals surface area contributed by atoms with E-state index < -0.39 is 6.04 Å². The van der Waals surface area contributed by atoms with E-state index in [-0.39, 0.29) is 24.3 Å². The van der Waals surface area contributed by atoms with Gasteiger partial charge in [0.1, 0.15) is 0 Å². The fourth-order valence-corrected chi connectivity index (χ4v) is 5.57. The minimum absolute atomic E-state index is 0.0636. The number of amides is 4. The molecule has 0 bridgehead atoms. The van der Waals surface area contributed by atoms with Crippen molar-refractivity contribution in [2.24, 2.45) is 0 Å².